The van der Waals surface area contributed by atoms with Gasteiger partial charge in [0.2, 0.25) is 0 Å². The number of hydrogen-bond acceptors (Lipinski definition) is 2. The van der Waals surface area contributed by atoms with Crippen LogP contribution in [0, 0.1) is 0 Å². The molecule has 0 bridgehead atoms. The second-order valence-corrected chi connectivity index (χ2v) is 4.65. The number of aliphatic hydroxyl groups is 1. The number of likely N-dealkylation sites (tertiary alicyclic amines) is 1. The van der Waals surface area contributed by atoms with Crippen LogP contribution in [0.4, 0.5) is 0 Å². The molecule has 0 aromatic heterocycles. The van der Waals surface area contributed by atoms with Crippen LogP contribution in [0.25, 0.3) is 0 Å². The molecule has 0 aromatic carbocycles. The second kappa shape index (κ2) is 3.35. The predicted octanol–water partition coefficient (Wildman–Crippen LogP) is 1.63. The zero-order chi connectivity index (χ0) is 9.35. The van der Waals surface area contributed by atoms with E-state index in [2.05, 4.69) is 25.7 Å². The van der Waals surface area contributed by atoms with Crippen LogP contribution >= 0.6 is 0 Å². The van der Waals surface area contributed by atoms with E-state index >= 15 is 0 Å². The van der Waals surface area contributed by atoms with Gasteiger partial charge < -0.3 is 5.11 Å². The monoisotopic (exact) mass is 171 g/mol. The molecule has 1 heterocycles. The van der Waals surface area contributed by atoms with E-state index in [1.54, 1.807) is 0 Å². The first-order valence-corrected chi connectivity index (χ1v) is 4.90. The van der Waals surface area contributed by atoms with E-state index in [-0.39, 0.29) is 0 Å². The highest BCUT2D eigenvalue weighted by Gasteiger charge is 2.33. The van der Waals surface area contributed by atoms with Gasteiger partial charge in [-0.2, -0.15) is 0 Å². The minimum Gasteiger partial charge on any atom is -0.389 e. The summed E-state index contributed by atoms with van der Waals surface area (Å²) in [4.78, 5) is 2.38. The normalized spacial score (nSPS) is 39.0. The molecule has 1 saturated heterocycles. The van der Waals surface area contributed by atoms with Gasteiger partial charge in [-0.25, -0.2) is 0 Å². The van der Waals surface area contributed by atoms with Gasteiger partial charge in [-0.15, -0.1) is 0 Å². The van der Waals surface area contributed by atoms with Gasteiger partial charge >= 0.3 is 0 Å². The molecule has 1 aliphatic rings. The Labute approximate surface area is 75.6 Å². The first kappa shape index (κ1) is 10.0. The molecule has 0 aliphatic carbocycles. The van der Waals surface area contributed by atoms with E-state index in [9.17, 15) is 5.11 Å². The van der Waals surface area contributed by atoms with Gasteiger partial charge in [0.25, 0.3) is 0 Å². The average Bonchev–Trinajstić information content (AvgIpc) is 1.94. The van der Waals surface area contributed by atoms with E-state index in [1.165, 1.54) is 0 Å². The zero-order valence-corrected chi connectivity index (χ0v) is 8.67. The highest BCUT2D eigenvalue weighted by Crippen LogP contribution is 2.26. The summed E-state index contributed by atoms with van der Waals surface area (Å²) in [5.41, 5.74) is -0.462. The molecule has 2 atom stereocenters. The van der Waals surface area contributed by atoms with Crippen LogP contribution in [0.15, 0.2) is 0 Å². The standard InChI is InChI=1S/C10H21NO/c1-8(2)11-7-10(4,12)6-5-9(11)3/h8-9,12H,5-7H2,1-4H3. The summed E-state index contributed by atoms with van der Waals surface area (Å²) in [5.74, 6) is 0. The highest BCUT2D eigenvalue weighted by atomic mass is 16.3. The van der Waals surface area contributed by atoms with Gasteiger partial charge in [-0.05, 0) is 40.5 Å². The minimum absolute atomic E-state index is 0.462. The van der Waals surface area contributed by atoms with Crippen LogP contribution in [-0.4, -0.2) is 34.2 Å². The van der Waals surface area contributed by atoms with Crippen molar-refractivity contribution in [3.05, 3.63) is 0 Å². The lowest BCUT2D eigenvalue weighted by Gasteiger charge is -2.43. The summed E-state index contributed by atoms with van der Waals surface area (Å²) in [6.45, 7) is 9.39. The van der Waals surface area contributed by atoms with Crippen molar-refractivity contribution in [2.75, 3.05) is 6.54 Å². The SMILES string of the molecule is CC(C)N1CC(C)(O)CCC1C. The topological polar surface area (TPSA) is 23.5 Å². The number of hydrogen-bond donors (Lipinski definition) is 1. The van der Waals surface area contributed by atoms with E-state index in [0.717, 1.165) is 19.4 Å². The lowest BCUT2D eigenvalue weighted by atomic mass is 9.90. The van der Waals surface area contributed by atoms with Gasteiger partial charge in [-0.3, -0.25) is 4.90 Å². The fourth-order valence-electron chi connectivity index (χ4n) is 2.01. The Balaban J connectivity index is 2.59. The first-order valence-electron chi connectivity index (χ1n) is 4.90. The lowest BCUT2D eigenvalue weighted by molar-refractivity contribution is -0.0463. The van der Waals surface area contributed by atoms with Crippen LogP contribution in [0.1, 0.15) is 40.5 Å². The summed E-state index contributed by atoms with van der Waals surface area (Å²) < 4.78 is 0. The predicted molar refractivity (Wildman–Crippen MR) is 51.2 cm³/mol. The maximum absolute atomic E-state index is 9.87. The van der Waals surface area contributed by atoms with Crippen LogP contribution in [0.3, 0.4) is 0 Å². The summed E-state index contributed by atoms with van der Waals surface area (Å²) >= 11 is 0. The third-order valence-corrected chi connectivity index (χ3v) is 2.85. The maximum atomic E-state index is 9.87. The minimum atomic E-state index is -0.462. The van der Waals surface area contributed by atoms with E-state index in [4.69, 9.17) is 0 Å². The number of piperidine rings is 1. The van der Waals surface area contributed by atoms with Gasteiger partial charge in [0, 0.05) is 18.6 Å². The third-order valence-electron chi connectivity index (χ3n) is 2.85. The fraction of sp³-hybridized carbons (Fsp3) is 1.00. The largest absolute Gasteiger partial charge is 0.389 e. The number of β-amino-alcohol motifs (C(OH)–C–C–N with tert-alkyl or cyclic N) is 1. The smallest absolute Gasteiger partial charge is 0.0746 e. The van der Waals surface area contributed by atoms with Gasteiger partial charge in [0.05, 0.1) is 5.60 Å². The molecule has 1 N–H and O–H groups in total. The molecule has 0 saturated carbocycles. The molecule has 2 nitrogen and oxygen atoms in total. The van der Waals surface area contributed by atoms with Gasteiger partial charge in [0.1, 0.15) is 0 Å². The van der Waals surface area contributed by atoms with Crippen molar-refractivity contribution < 1.29 is 5.11 Å². The Morgan fingerprint density at radius 1 is 1.50 bits per heavy atom. The van der Waals surface area contributed by atoms with Crippen LogP contribution in [0.5, 0.6) is 0 Å². The fourth-order valence-corrected chi connectivity index (χ4v) is 2.01. The van der Waals surface area contributed by atoms with Crippen molar-refractivity contribution in [3.8, 4) is 0 Å². The van der Waals surface area contributed by atoms with E-state index in [1.807, 2.05) is 6.92 Å². The molecule has 0 radical (unpaired) electrons. The third kappa shape index (κ3) is 2.20. The quantitative estimate of drug-likeness (QED) is 0.648. The second-order valence-electron chi connectivity index (χ2n) is 4.65. The lowest BCUT2D eigenvalue weighted by Crippen LogP contribution is -2.52. The molecule has 1 rings (SSSR count). The molecule has 12 heavy (non-hydrogen) atoms. The van der Waals surface area contributed by atoms with Crippen molar-refractivity contribution in [2.45, 2.75) is 58.2 Å². The summed E-state index contributed by atoms with van der Waals surface area (Å²) in [5, 5.41) is 9.87. The molecule has 0 aromatic rings. The molecular weight excluding hydrogens is 150 g/mol. The average molecular weight is 171 g/mol. The summed E-state index contributed by atoms with van der Waals surface area (Å²) in [7, 11) is 0. The van der Waals surface area contributed by atoms with Gasteiger partial charge in [0.15, 0.2) is 0 Å². The molecule has 2 unspecified atom stereocenters. The van der Waals surface area contributed by atoms with Gasteiger partial charge in [-0.1, -0.05) is 0 Å². The van der Waals surface area contributed by atoms with Crippen LogP contribution in [-0.2, 0) is 0 Å². The maximum Gasteiger partial charge on any atom is 0.0746 e. The Morgan fingerprint density at radius 3 is 2.50 bits per heavy atom. The zero-order valence-electron chi connectivity index (χ0n) is 8.67. The van der Waals surface area contributed by atoms with Crippen molar-refractivity contribution in [1.82, 2.24) is 4.90 Å². The van der Waals surface area contributed by atoms with Crippen molar-refractivity contribution >= 4 is 0 Å². The Bertz CT molecular complexity index is 154. The molecule has 2 heteroatoms. The number of nitrogens with zero attached hydrogens (tertiary/aromatic N) is 1. The summed E-state index contributed by atoms with van der Waals surface area (Å²) in [6.07, 6.45) is 2.06. The molecule has 1 aliphatic heterocycles. The van der Waals surface area contributed by atoms with E-state index in [0.29, 0.717) is 12.1 Å². The Hall–Kier alpha value is -0.0800. The van der Waals surface area contributed by atoms with Crippen molar-refractivity contribution in [2.24, 2.45) is 0 Å². The van der Waals surface area contributed by atoms with E-state index < -0.39 is 5.60 Å². The molecular formula is C10H21NO. The first-order chi connectivity index (χ1) is 5.42. The van der Waals surface area contributed by atoms with Crippen molar-refractivity contribution in [3.63, 3.8) is 0 Å². The van der Waals surface area contributed by atoms with Crippen molar-refractivity contribution in [1.29, 1.82) is 0 Å². The Kier molecular flexibility index (Phi) is 2.79. The van der Waals surface area contributed by atoms with Crippen LogP contribution in [0.2, 0.25) is 0 Å². The molecule has 72 valence electrons. The molecule has 0 spiro atoms. The molecule has 0 amide bonds. The highest BCUT2D eigenvalue weighted by molar-refractivity contribution is 4.88. The number of rotatable bonds is 1. The Morgan fingerprint density at radius 2 is 2.08 bits per heavy atom. The van der Waals surface area contributed by atoms with Crippen LogP contribution < -0.4 is 0 Å². The summed E-state index contributed by atoms with van der Waals surface area (Å²) in [6, 6.07) is 1.18. The molecule has 1 fully saturated rings.